The highest BCUT2D eigenvalue weighted by atomic mass is 79.9. The van der Waals surface area contributed by atoms with Crippen LogP contribution in [0.5, 0.6) is 0 Å². The maximum Gasteiger partial charge on any atom is 0.263 e. The molecule has 0 unspecified atom stereocenters. The maximum absolute atomic E-state index is 11.7. The first-order valence-electron chi connectivity index (χ1n) is 4.07. The molecule has 1 heterocycles. The molecule has 0 radical (unpaired) electrons. The highest BCUT2D eigenvalue weighted by Gasteiger charge is 2.13. The van der Waals surface area contributed by atoms with Crippen LogP contribution in [0.1, 0.15) is 22.2 Å². The van der Waals surface area contributed by atoms with E-state index in [9.17, 15) is 4.79 Å². The first-order chi connectivity index (χ1) is 6.06. The number of rotatable bonds is 2. The van der Waals surface area contributed by atoms with Crippen LogP contribution < -0.4 is 0 Å². The molecule has 0 N–H and O–H groups in total. The summed E-state index contributed by atoms with van der Waals surface area (Å²) in [5.74, 6) is 0.0984. The van der Waals surface area contributed by atoms with E-state index >= 15 is 0 Å². The fourth-order valence-corrected chi connectivity index (χ4v) is 2.43. The van der Waals surface area contributed by atoms with Gasteiger partial charge in [-0.1, -0.05) is 0 Å². The number of hydrogen-bond acceptors (Lipinski definition) is 2. The Kier molecular flexibility index (Phi) is 3.50. The molecule has 1 aromatic heterocycles. The van der Waals surface area contributed by atoms with E-state index < -0.39 is 0 Å². The predicted molar refractivity (Wildman–Crippen MR) is 59.4 cm³/mol. The molecule has 0 aromatic carbocycles. The number of hydrogen-bond donors (Lipinski definition) is 0. The fourth-order valence-electron chi connectivity index (χ4n) is 0.897. The second kappa shape index (κ2) is 4.24. The highest BCUT2D eigenvalue weighted by molar-refractivity contribution is 9.11. The largest absolute Gasteiger partial charge is 0.341 e. The summed E-state index contributed by atoms with van der Waals surface area (Å²) in [6.07, 6.45) is 0. The van der Waals surface area contributed by atoms with Crippen molar-refractivity contribution < 1.29 is 4.79 Å². The average molecular weight is 262 g/mol. The topological polar surface area (TPSA) is 20.3 Å². The molecule has 1 aromatic rings. The monoisotopic (exact) mass is 261 g/mol. The van der Waals surface area contributed by atoms with Gasteiger partial charge in [0.25, 0.3) is 5.91 Å². The van der Waals surface area contributed by atoms with Gasteiger partial charge in [-0.3, -0.25) is 4.79 Å². The number of carbonyl (C=O) groups is 1. The summed E-state index contributed by atoms with van der Waals surface area (Å²) >= 11 is 4.89. The van der Waals surface area contributed by atoms with Crippen LogP contribution in [-0.2, 0) is 0 Å². The number of carbonyl (C=O) groups excluding carboxylic acids is 1. The fraction of sp³-hybridized carbons (Fsp3) is 0.444. The minimum absolute atomic E-state index is 0.0984. The van der Waals surface area contributed by atoms with Gasteiger partial charge in [-0.05, 0) is 41.4 Å². The predicted octanol–water partition coefficient (Wildman–Crippen LogP) is 2.91. The van der Waals surface area contributed by atoms with Crippen molar-refractivity contribution >= 4 is 33.2 Å². The minimum Gasteiger partial charge on any atom is -0.341 e. The smallest absolute Gasteiger partial charge is 0.263 e. The van der Waals surface area contributed by atoms with Crippen LogP contribution in [0, 0.1) is 6.92 Å². The van der Waals surface area contributed by atoms with E-state index in [-0.39, 0.29) is 5.91 Å². The Balaban J connectivity index is 2.89. The van der Waals surface area contributed by atoms with Gasteiger partial charge < -0.3 is 4.90 Å². The molecule has 1 amide bonds. The molecule has 0 saturated heterocycles. The summed E-state index contributed by atoms with van der Waals surface area (Å²) in [5, 5.41) is 0. The van der Waals surface area contributed by atoms with Crippen molar-refractivity contribution in [3.63, 3.8) is 0 Å². The number of amides is 1. The molecular weight excluding hydrogens is 250 g/mol. The number of aryl methyl sites for hydroxylation is 1. The molecule has 4 heteroatoms. The van der Waals surface area contributed by atoms with Gasteiger partial charge in [0.1, 0.15) is 0 Å². The first kappa shape index (κ1) is 10.7. The van der Waals surface area contributed by atoms with Gasteiger partial charge in [0, 0.05) is 13.6 Å². The molecule has 0 bridgehead atoms. The third-order valence-corrected chi connectivity index (χ3v) is 4.01. The molecule has 1 rings (SSSR count). The lowest BCUT2D eigenvalue weighted by atomic mass is 10.3. The van der Waals surface area contributed by atoms with Crippen LogP contribution >= 0.6 is 27.3 Å². The molecule has 0 aliphatic heterocycles. The van der Waals surface area contributed by atoms with Crippen molar-refractivity contribution in [1.82, 2.24) is 4.90 Å². The Morgan fingerprint density at radius 2 is 2.31 bits per heavy atom. The van der Waals surface area contributed by atoms with E-state index in [1.165, 1.54) is 11.3 Å². The minimum atomic E-state index is 0.0984. The zero-order chi connectivity index (χ0) is 10.0. The molecule has 72 valence electrons. The second-order valence-corrected chi connectivity index (χ2v) is 5.26. The van der Waals surface area contributed by atoms with E-state index in [2.05, 4.69) is 15.9 Å². The van der Waals surface area contributed by atoms with Crippen LogP contribution in [0.4, 0.5) is 0 Å². The average Bonchev–Trinajstić information content (AvgIpc) is 2.44. The number of halogens is 1. The van der Waals surface area contributed by atoms with Crippen molar-refractivity contribution in [2.75, 3.05) is 13.6 Å². The molecule has 0 spiro atoms. The van der Waals surface area contributed by atoms with Crippen LogP contribution in [0.2, 0.25) is 0 Å². The Morgan fingerprint density at radius 1 is 1.69 bits per heavy atom. The molecule has 0 saturated carbocycles. The normalized spacial score (nSPS) is 10.2. The second-order valence-electron chi connectivity index (χ2n) is 2.89. The van der Waals surface area contributed by atoms with Crippen molar-refractivity contribution in [2.24, 2.45) is 0 Å². The first-order valence-corrected chi connectivity index (χ1v) is 5.68. The van der Waals surface area contributed by atoms with Crippen molar-refractivity contribution in [3.05, 3.63) is 20.3 Å². The molecule has 0 aliphatic carbocycles. The third kappa shape index (κ3) is 2.31. The van der Waals surface area contributed by atoms with Gasteiger partial charge in [0.05, 0.1) is 8.66 Å². The van der Waals surface area contributed by atoms with Gasteiger partial charge in [-0.15, -0.1) is 11.3 Å². The summed E-state index contributed by atoms with van der Waals surface area (Å²) in [7, 11) is 1.81. The summed E-state index contributed by atoms with van der Waals surface area (Å²) in [5.41, 5.74) is 1.12. The van der Waals surface area contributed by atoms with Crippen molar-refractivity contribution in [3.8, 4) is 0 Å². The van der Waals surface area contributed by atoms with E-state index in [4.69, 9.17) is 0 Å². The summed E-state index contributed by atoms with van der Waals surface area (Å²) in [4.78, 5) is 14.2. The standard InChI is InChI=1S/C9H12BrNOS/c1-4-11(3)9(12)7-5-6(2)8(10)13-7/h5H,4H2,1-3H3. The lowest BCUT2D eigenvalue weighted by Gasteiger charge is -2.12. The Morgan fingerprint density at radius 3 is 2.69 bits per heavy atom. The lowest BCUT2D eigenvalue weighted by molar-refractivity contribution is 0.0807. The summed E-state index contributed by atoms with van der Waals surface area (Å²) in [6.45, 7) is 4.70. The SMILES string of the molecule is CCN(C)C(=O)c1cc(C)c(Br)s1. The van der Waals surface area contributed by atoms with Gasteiger partial charge in [-0.25, -0.2) is 0 Å². The van der Waals surface area contributed by atoms with Crippen LogP contribution in [0.25, 0.3) is 0 Å². The van der Waals surface area contributed by atoms with Crippen LogP contribution in [0.3, 0.4) is 0 Å². The van der Waals surface area contributed by atoms with E-state index in [0.717, 1.165) is 20.8 Å². The zero-order valence-corrected chi connectivity index (χ0v) is 10.3. The van der Waals surface area contributed by atoms with Crippen LogP contribution in [-0.4, -0.2) is 24.4 Å². The van der Waals surface area contributed by atoms with Crippen LogP contribution in [0.15, 0.2) is 9.85 Å². The van der Waals surface area contributed by atoms with Crippen molar-refractivity contribution in [2.45, 2.75) is 13.8 Å². The van der Waals surface area contributed by atoms with E-state index in [1.807, 2.05) is 27.0 Å². The van der Waals surface area contributed by atoms with Gasteiger partial charge in [-0.2, -0.15) is 0 Å². The van der Waals surface area contributed by atoms with Gasteiger partial charge in [0.2, 0.25) is 0 Å². The van der Waals surface area contributed by atoms with E-state index in [1.54, 1.807) is 4.90 Å². The van der Waals surface area contributed by atoms with Gasteiger partial charge >= 0.3 is 0 Å². The Labute approximate surface area is 90.7 Å². The lowest BCUT2D eigenvalue weighted by Crippen LogP contribution is -2.25. The maximum atomic E-state index is 11.7. The Hall–Kier alpha value is -0.350. The summed E-state index contributed by atoms with van der Waals surface area (Å²) in [6, 6.07) is 1.92. The molecular formula is C9H12BrNOS. The molecule has 2 nitrogen and oxygen atoms in total. The number of thiophene rings is 1. The van der Waals surface area contributed by atoms with E-state index in [0.29, 0.717) is 0 Å². The molecule has 13 heavy (non-hydrogen) atoms. The molecule has 0 atom stereocenters. The van der Waals surface area contributed by atoms with Gasteiger partial charge in [0.15, 0.2) is 0 Å². The van der Waals surface area contributed by atoms with Crippen molar-refractivity contribution in [1.29, 1.82) is 0 Å². The molecule has 0 aliphatic rings. The highest BCUT2D eigenvalue weighted by Crippen LogP contribution is 2.27. The number of nitrogens with zero attached hydrogens (tertiary/aromatic N) is 1. The third-order valence-electron chi connectivity index (χ3n) is 1.89. The Bertz CT molecular complexity index is 302. The molecule has 0 fully saturated rings. The zero-order valence-electron chi connectivity index (χ0n) is 7.93. The quantitative estimate of drug-likeness (QED) is 0.802. The summed E-state index contributed by atoms with van der Waals surface area (Å²) < 4.78 is 1.04.